The van der Waals surface area contributed by atoms with Gasteiger partial charge in [0, 0.05) is 25.0 Å². The molecule has 0 aliphatic carbocycles. The molecule has 2 aliphatic heterocycles. The Morgan fingerprint density at radius 2 is 1.69 bits per heavy atom. The van der Waals surface area contributed by atoms with Gasteiger partial charge in [-0.2, -0.15) is 0 Å². The van der Waals surface area contributed by atoms with Gasteiger partial charge in [-0.15, -0.1) is 0 Å². The number of benzene rings is 1. The van der Waals surface area contributed by atoms with Crippen LogP contribution in [0.25, 0.3) is 0 Å². The lowest BCUT2D eigenvalue weighted by Crippen LogP contribution is -2.49. The molecular weight excluding hydrogens is 460 g/mol. The molecule has 0 unspecified atom stereocenters. The van der Waals surface area contributed by atoms with E-state index in [9.17, 15) is 9.90 Å². The van der Waals surface area contributed by atoms with Gasteiger partial charge < -0.3 is 14.9 Å². The molecular formula is C20H28Br2N2O2. The zero-order chi connectivity index (χ0) is 18.7. The third-order valence-electron chi connectivity index (χ3n) is 5.72. The highest BCUT2D eigenvalue weighted by Gasteiger charge is 2.29. The summed E-state index contributed by atoms with van der Waals surface area (Å²) in [5.74, 6) is 0.403. The van der Waals surface area contributed by atoms with Crippen LogP contribution in [0.5, 0.6) is 5.75 Å². The fraction of sp³-hybridized carbons (Fsp3) is 0.650. The van der Waals surface area contributed by atoms with Crippen LogP contribution in [0.3, 0.4) is 0 Å². The van der Waals surface area contributed by atoms with Crippen molar-refractivity contribution in [3.8, 4) is 5.75 Å². The first-order valence-corrected chi connectivity index (χ1v) is 11.2. The first kappa shape index (κ1) is 20.2. The molecule has 1 N–H and O–H groups in total. The van der Waals surface area contributed by atoms with E-state index in [-0.39, 0.29) is 17.6 Å². The third-order valence-corrected chi connectivity index (χ3v) is 6.93. The lowest BCUT2D eigenvalue weighted by Gasteiger charge is -2.40. The van der Waals surface area contributed by atoms with Crippen molar-refractivity contribution in [3.05, 3.63) is 26.6 Å². The standard InChI is InChI=1S/C20H28Br2N2O2/c1-14(11-15-12-17(21)19(25)18(22)13-15)20(26)24-9-5-16(6-10-24)23-7-3-2-4-8-23/h12-14,16,25H,2-11H2,1H3/t14-/m1/s1. The van der Waals surface area contributed by atoms with Crippen LogP contribution in [0, 0.1) is 5.92 Å². The number of phenols is 1. The average molecular weight is 488 g/mol. The van der Waals surface area contributed by atoms with Gasteiger partial charge in [-0.05, 0) is 94.7 Å². The van der Waals surface area contributed by atoms with E-state index in [2.05, 4.69) is 41.7 Å². The quantitative estimate of drug-likeness (QED) is 0.676. The Morgan fingerprint density at radius 3 is 2.27 bits per heavy atom. The Morgan fingerprint density at radius 1 is 1.12 bits per heavy atom. The molecule has 0 spiro atoms. The summed E-state index contributed by atoms with van der Waals surface area (Å²) >= 11 is 6.73. The maximum Gasteiger partial charge on any atom is 0.225 e. The number of halogens is 2. The van der Waals surface area contributed by atoms with Crippen LogP contribution in [-0.4, -0.2) is 53.0 Å². The molecule has 6 heteroatoms. The van der Waals surface area contributed by atoms with Crippen LogP contribution in [0.1, 0.15) is 44.6 Å². The average Bonchev–Trinajstić information content (AvgIpc) is 2.66. The van der Waals surface area contributed by atoms with E-state index in [0.29, 0.717) is 21.4 Å². The number of piperidine rings is 2. The van der Waals surface area contributed by atoms with Crippen molar-refractivity contribution in [2.24, 2.45) is 5.92 Å². The Bertz CT molecular complexity index is 616. The summed E-state index contributed by atoms with van der Waals surface area (Å²) in [6.07, 6.45) is 6.92. The summed E-state index contributed by atoms with van der Waals surface area (Å²) in [6, 6.07) is 4.46. The van der Waals surface area contributed by atoms with E-state index in [0.717, 1.165) is 31.5 Å². The SMILES string of the molecule is C[C@H](Cc1cc(Br)c(O)c(Br)c1)C(=O)N1CCC(N2CCCCC2)CC1. The van der Waals surface area contributed by atoms with Crippen molar-refractivity contribution in [3.63, 3.8) is 0 Å². The maximum atomic E-state index is 12.9. The van der Waals surface area contributed by atoms with E-state index in [1.54, 1.807) is 0 Å². The van der Waals surface area contributed by atoms with Gasteiger partial charge in [-0.3, -0.25) is 4.79 Å². The second kappa shape index (κ2) is 9.07. The van der Waals surface area contributed by atoms with Crippen LogP contribution in [0.2, 0.25) is 0 Å². The number of phenolic OH excluding ortho intramolecular Hbond substituents is 1. The van der Waals surface area contributed by atoms with Crippen LogP contribution >= 0.6 is 31.9 Å². The number of nitrogens with zero attached hydrogens (tertiary/aromatic N) is 2. The molecule has 1 aromatic carbocycles. The molecule has 2 heterocycles. The molecule has 26 heavy (non-hydrogen) atoms. The Labute approximate surface area is 173 Å². The summed E-state index contributed by atoms with van der Waals surface area (Å²) < 4.78 is 1.31. The molecule has 4 nitrogen and oxygen atoms in total. The molecule has 2 aliphatic rings. The van der Waals surface area contributed by atoms with Crippen LogP contribution in [0.4, 0.5) is 0 Å². The van der Waals surface area contributed by atoms with E-state index in [1.165, 1.54) is 32.4 Å². The van der Waals surface area contributed by atoms with Gasteiger partial charge in [0.25, 0.3) is 0 Å². The number of rotatable bonds is 4. The van der Waals surface area contributed by atoms with Crippen molar-refractivity contribution >= 4 is 37.8 Å². The second-order valence-electron chi connectivity index (χ2n) is 7.67. The van der Waals surface area contributed by atoms with Gasteiger partial charge in [0.05, 0.1) is 8.95 Å². The zero-order valence-electron chi connectivity index (χ0n) is 15.4. The van der Waals surface area contributed by atoms with E-state index in [1.807, 2.05) is 19.1 Å². The molecule has 0 saturated carbocycles. The van der Waals surface area contributed by atoms with Gasteiger partial charge in [-0.1, -0.05) is 13.3 Å². The molecule has 0 bridgehead atoms. The highest BCUT2D eigenvalue weighted by Crippen LogP contribution is 2.34. The first-order valence-electron chi connectivity index (χ1n) is 9.65. The van der Waals surface area contributed by atoms with Crippen molar-refractivity contribution < 1.29 is 9.90 Å². The fourth-order valence-electron chi connectivity index (χ4n) is 4.22. The van der Waals surface area contributed by atoms with Gasteiger partial charge in [0.1, 0.15) is 5.75 Å². The summed E-state index contributed by atoms with van der Waals surface area (Å²) in [5, 5.41) is 9.84. The van der Waals surface area contributed by atoms with E-state index >= 15 is 0 Å². The minimum Gasteiger partial charge on any atom is -0.506 e. The third kappa shape index (κ3) is 4.82. The Kier molecular flexibility index (Phi) is 7.03. The van der Waals surface area contributed by atoms with Crippen LogP contribution < -0.4 is 0 Å². The summed E-state index contributed by atoms with van der Waals surface area (Å²) in [6.45, 7) is 6.24. The number of carbonyl (C=O) groups is 1. The molecule has 0 aromatic heterocycles. The number of hydrogen-bond donors (Lipinski definition) is 1. The summed E-state index contributed by atoms with van der Waals surface area (Å²) in [7, 11) is 0. The Balaban J connectivity index is 1.53. The first-order chi connectivity index (χ1) is 12.5. The number of carbonyl (C=O) groups excluding carboxylic acids is 1. The normalized spacial score (nSPS) is 21.0. The van der Waals surface area contributed by atoms with Crippen molar-refractivity contribution in [1.82, 2.24) is 9.80 Å². The topological polar surface area (TPSA) is 43.8 Å². The fourth-order valence-corrected chi connectivity index (χ4v) is 5.50. The van der Waals surface area contributed by atoms with E-state index < -0.39 is 0 Å². The predicted molar refractivity (Wildman–Crippen MR) is 111 cm³/mol. The van der Waals surface area contributed by atoms with Crippen molar-refractivity contribution in [2.75, 3.05) is 26.2 Å². The molecule has 1 amide bonds. The molecule has 1 atom stereocenters. The minimum atomic E-state index is -0.0510. The van der Waals surface area contributed by atoms with E-state index in [4.69, 9.17) is 0 Å². The molecule has 0 radical (unpaired) electrons. The molecule has 3 rings (SSSR count). The number of hydrogen-bond acceptors (Lipinski definition) is 3. The maximum absolute atomic E-state index is 12.9. The number of amides is 1. The largest absolute Gasteiger partial charge is 0.506 e. The van der Waals surface area contributed by atoms with Crippen molar-refractivity contribution in [1.29, 1.82) is 0 Å². The van der Waals surface area contributed by atoms with Crippen LogP contribution in [0.15, 0.2) is 21.1 Å². The highest BCUT2D eigenvalue weighted by atomic mass is 79.9. The smallest absolute Gasteiger partial charge is 0.225 e. The molecule has 2 fully saturated rings. The molecule has 144 valence electrons. The predicted octanol–water partition coefficient (Wildman–Crippen LogP) is 4.57. The number of aromatic hydroxyl groups is 1. The lowest BCUT2D eigenvalue weighted by molar-refractivity contribution is -0.136. The van der Waals surface area contributed by atoms with Gasteiger partial charge in [0.2, 0.25) is 5.91 Å². The molecule has 2 saturated heterocycles. The Hall–Kier alpha value is -0.590. The lowest BCUT2D eigenvalue weighted by atomic mass is 9.96. The van der Waals surface area contributed by atoms with Gasteiger partial charge in [0.15, 0.2) is 0 Å². The number of likely N-dealkylation sites (tertiary alicyclic amines) is 2. The van der Waals surface area contributed by atoms with Gasteiger partial charge >= 0.3 is 0 Å². The summed E-state index contributed by atoms with van der Waals surface area (Å²) in [5.41, 5.74) is 1.05. The minimum absolute atomic E-state index is 0.0510. The second-order valence-corrected chi connectivity index (χ2v) is 9.38. The van der Waals surface area contributed by atoms with Crippen molar-refractivity contribution in [2.45, 2.75) is 51.5 Å². The van der Waals surface area contributed by atoms with Gasteiger partial charge in [-0.25, -0.2) is 0 Å². The summed E-state index contributed by atoms with van der Waals surface area (Å²) in [4.78, 5) is 17.6. The monoisotopic (exact) mass is 486 g/mol. The highest BCUT2D eigenvalue weighted by molar-refractivity contribution is 9.11. The van der Waals surface area contributed by atoms with Crippen LogP contribution in [-0.2, 0) is 11.2 Å². The zero-order valence-corrected chi connectivity index (χ0v) is 18.6. The molecule has 1 aromatic rings.